The summed E-state index contributed by atoms with van der Waals surface area (Å²) in [5, 5.41) is 40.9. The van der Waals surface area contributed by atoms with Gasteiger partial charge in [-0.3, -0.25) is 48.1 Å². The lowest BCUT2D eigenvalue weighted by atomic mass is 10.00. The van der Waals surface area contributed by atoms with Crippen LogP contribution < -0.4 is 59.7 Å². The molecule has 2 heterocycles. The van der Waals surface area contributed by atoms with Gasteiger partial charge in [-0.15, -0.1) is 0 Å². The molecule has 471 valence electrons. The third kappa shape index (κ3) is 23.3. The first-order valence-corrected chi connectivity index (χ1v) is 30.1. The number of rotatable bonds is 35. The number of likely N-dealkylation sites (tertiary alicyclic amines) is 1. The van der Waals surface area contributed by atoms with Gasteiger partial charge < -0.3 is 79.8 Å². The highest BCUT2D eigenvalue weighted by molar-refractivity contribution is 7.98. The molecule has 9 atom stereocenters. The number of thioether (sulfide) groups is 1. The minimum absolute atomic E-state index is 0.00466. The number of hydrogen-bond acceptors (Lipinski definition) is 15. The van der Waals surface area contributed by atoms with Crippen LogP contribution in [0.2, 0.25) is 0 Å². The number of amides is 9. The number of nitrogens with zero attached hydrogens (tertiary/aromatic N) is 3. The number of carboxylic acid groups (broad SMARTS) is 1. The average molecular weight is 1220 g/mol. The first-order chi connectivity index (χ1) is 40.8. The molecule has 1 aliphatic rings. The van der Waals surface area contributed by atoms with Gasteiger partial charge in [0.15, 0.2) is 5.96 Å². The molecule has 0 saturated carbocycles. The van der Waals surface area contributed by atoms with E-state index in [0.717, 1.165) is 6.54 Å². The number of benzene rings is 2. The van der Waals surface area contributed by atoms with Gasteiger partial charge >= 0.3 is 5.97 Å². The summed E-state index contributed by atoms with van der Waals surface area (Å²) in [6, 6.07) is 3.39. The molecule has 3 aromatic rings. The molecule has 1 saturated heterocycles. The number of hydrogen-bond donors (Lipinski definition) is 14. The normalized spacial score (nSPS) is 15.8. The Morgan fingerprint density at radius 1 is 0.709 bits per heavy atom. The molecule has 17 N–H and O–H groups in total. The number of carbonyl (C=O) groups is 10. The number of aliphatic carboxylic acids is 1. The van der Waals surface area contributed by atoms with E-state index in [0.29, 0.717) is 41.8 Å². The maximum absolute atomic E-state index is 14.7. The lowest BCUT2D eigenvalue weighted by Crippen LogP contribution is -2.61. The van der Waals surface area contributed by atoms with Crippen LogP contribution in [0.5, 0.6) is 5.75 Å². The molecule has 9 unspecified atom stereocenters. The lowest BCUT2D eigenvalue weighted by molar-refractivity contribution is -0.143. The third-order valence-electron chi connectivity index (χ3n) is 14.1. The Kier molecular flexibility index (Phi) is 28.8. The zero-order valence-electron chi connectivity index (χ0n) is 49.8. The number of aliphatic imine (C=N–C) groups is 1. The van der Waals surface area contributed by atoms with Crippen LogP contribution in [0.4, 0.5) is 0 Å². The van der Waals surface area contributed by atoms with E-state index in [1.54, 1.807) is 58.0 Å². The summed E-state index contributed by atoms with van der Waals surface area (Å²) in [6.07, 6.45) is 5.78. The van der Waals surface area contributed by atoms with Gasteiger partial charge in [-0.25, -0.2) is 9.78 Å². The van der Waals surface area contributed by atoms with Crippen LogP contribution in [0.3, 0.4) is 0 Å². The number of nitrogens with two attached hydrogens (primary N) is 3. The fourth-order valence-electron chi connectivity index (χ4n) is 9.39. The van der Waals surface area contributed by atoms with Gasteiger partial charge in [0.25, 0.3) is 0 Å². The van der Waals surface area contributed by atoms with Crippen LogP contribution in [-0.4, -0.2) is 170 Å². The van der Waals surface area contributed by atoms with Gasteiger partial charge in [0, 0.05) is 44.2 Å². The molecule has 1 fully saturated rings. The summed E-state index contributed by atoms with van der Waals surface area (Å²) < 4.78 is 0. The van der Waals surface area contributed by atoms with Crippen LogP contribution in [0.25, 0.3) is 0 Å². The highest BCUT2D eigenvalue weighted by atomic mass is 32.2. The Labute approximate surface area is 505 Å². The fourth-order valence-corrected chi connectivity index (χ4v) is 9.88. The first-order valence-electron chi connectivity index (χ1n) is 28.7. The number of aromatic nitrogens is 2. The van der Waals surface area contributed by atoms with Gasteiger partial charge in [-0.1, -0.05) is 84.0 Å². The van der Waals surface area contributed by atoms with E-state index in [4.69, 9.17) is 17.2 Å². The summed E-state index contributed by atoms with van der Waals surface area (Å²) in [5.41, 5.74) is 18.5. The van der Waals surface area contributed by atoms with E-state index in [1.807, 2.05) is 20.1 Å². The number of guanidine groups is 1. The van der Waals surface area contributed by atoms with Crippen LogP contribution in [0.15, 0.2) is 72.1 Å². The average Bonchev–Trinajstić information content (AvgIpc) is 2.75. The van der Waals surface area contributed by atoms with Crippen molar-refractivity contribution in [2.75, 3.05) is 25.1 Å². The molecule has 0 aliphatic carbocycles. The van der Waals surface area contributed by atoms with E-state index >= 15 is 0 Å². The molecule has 0 bridgehead atoms. The number of carbonyl (C=O) groups excluding carboxylic acids is 9. The molecule has 1 radical (unpaired) electrons. The summed E-state index contributed by atoms with van der Waals surface area (Å²) in [7, 11) is 0. The predicted octanol–water partition coefficient (Wildman–Crippen LogP) is -0.618. The molecule has 1 aromatic heterocycles. The van der Waals surface area contributed by atoms with E-state index in [1.165, 1.54) is 53.5 Å². The van der Waals surface area contributed by atoms with Crippen molar-refractivity contribution in [3.8, 4) is 5.75 Å². The molecule has 9 amide bonds. The highest BCUT2D eigenvalue weighted by Crippen LogP contribution is 2.22. The first kappa shape index (κ1) is 70.2. The number of aromatic hydroxyl groups is 1. The van der Waals surface area contributed by atoms with Crippen molar-refractivity contribution in [3.05, 3.63) is 90.5 Å². The number of imidazole rings is 1. The number of aromatic amines is 1. The van der Waals surface area contributed by atoms with Crippen molar-refractivity contribution in [3.63, 3.8) is 0 Å². The Bertz CT molecular complexity index is 2770. The van der Waals surface area contributed by atoms with E-state index < -0.39 is 125 Å². The van der Waals surface area contributed by atoms with Gasteiger partial charge in [0.05, 0.1) is 12.4 Å². The molecule has 4 rings (SSSR count). The Balaban J connectivity index is 1.58. The number of nitrogens with one attached hydrogen (secondary N) is 9. The Morgan fingerprint density at radius 3 is 1.86 bits per heavy atom. The molecule has 86 heavy (non-hydrogen) atoms. The lowest BCUT2D eigenvalue weighted by Gasteiger charge is -2.32. The number of phenols is 1. The van der Waals surface area contributed by atoms with Crippen LogP contribution in [-0.2, 0) is 67.2 Å². The Morgan fingerprint density at radius 2 is 1.29 bits per heavy atom. The number of H-pyrrole nitrogens is 1. The minimum atomic E-state index is -1.47. The predicted molar refractivity (Wildman–Crippen MR) is 323 cm³/mol. The topological polar surface area (TPSA) is 430 Å². The minimum Gasteiger partial charge on any atom is -0.508 e. The van der Waals surface area contributed by atoms with Crippen LogP contribution >= 0.6 is 11.8 Å². The van der Waals surface area contributed by atoms with Crippen molar-refractivity contribution >= 4 is 76.9 Å². The van der Waals surface area contributed by atoms with Gasteiger partial charge in [-0.05, 0) is 91.5 Å². The molecule has 0 spiro atoms. The summed E-state index contributed by atoms with van der Waals surface area (Å²) in [4.78, 5) is 151. The van der Waals surface area contributed by atoms with Crippen LogP contribution in [0.1, 0.15) is 96.9 Å². The second kappa shape index (κ2) is 35.3. The van der Waals surface area contributed by atoms with Gasteiger partial charge in [-0.2, -0.15) is 11.8 Å². The molecule has 27 nitrogen and oxygen atoms in total. The summed E-state index contributed by atoms with van der Waals surface area (Å²) in [6.45, 7) is 11.4. The molecule has 2 aromatic carbocycles. The number of carboxylic acids is 1. The van der Waals surface area contributed by atoms with Crippen molar-refractivity contribution in [1.29, 1.82) is 0 Å². The van der Waals surface area contributed by atoms with E-state index in [2.05, 4.69) is 57.5 Å². The van der Waals surface area contributed by atoms with Crippen molar-refractivity contribution in [2.45, 2.75) is 154 Å². The maximum Gasteiger partial charge on any atom is 0.326 e. The molecular weight excluding hydrogens is 1130 g/mol. The second-order valence-electron chi connectivity index (χ2n) is 22.3. The molecular formula is C58H86N15O12S. The zero-order valence-corrected chi connectivity index (χ0v) is 50.6. The van der Waals surface area contributed by atoms with Crippen molar-refractivity contribution < 1.29 is 58.2 Å². The number of phenolic OH excluding ortho intramolecular Hbond substituents is 1. The monoisotopic (exact) mass is 1220 g/mol. The van der Waals surface area contributed by atoms with Gasteiger partial charge in [0.2, 0.25) is 53.2 Å². The standard InChI is InChI=1S/C58H86N15O12S/c1-32(2)25-44(70-49(76)39(59)21-24-86-7)56(83)73-23-12-16-45(73)54(81)71-47(33(3)4)55(82)69-43(28-37-29-62-31-65-37)53(80)68-42(26-35-13-9-8-10-14-35)52(79)67-41(27-36-17-19-38(74)20-18-36)50(77)64-30-46(75)66-40(15-11-22-63-58(60)61)51(78)72-48(34(5)6)57(84)85/h8-10,13-14,17-20,29-34,39-45,47-48,74H,11-12,15-16,21-28,59H2,1-7H3,(H,62,65)(H,64,77)(H,66,75)(H,67,79)(H,68,80)(H,69,82)(H,70,76)(H,71,81)(H,72,78)(H,84,85)(H4,60,61,63). The quantitative estimate of drug-likeness (QED) is 0.0198. The zero-order chi connectivity index (χ0) is 63.6. The third-order valence-corrected chi connectivity index (χ3v) is 14.7. The van der Waals surface area contributed by atoms with Gasteiger partial charge in [0.1, 0.15) is 60.6 Å². The fraction of sp³-hybridized carbons (Fsp3) is 0.534. The Hall–Kier alpha value is -8.27. The molecule has 1 aliphatic heterocycles. The maximum atomic E-state index is 14.7. The largest absolute Gasteiger partial charge is 0.508 e. The van der Waals surface area contributed by atoms with E-state index in [9.17, 15) is 58.2 Å². The highest BCUT2D eigenvalue weighted by Gasteiger charge is 2.41. The van der Waals surface area contributed by atoms with E-state index in [-0.39, 0.29) is 69.2 Å². The SMILES string of the molecule is CSCCC(N)C(=O)NC(CC(C)C)C(=O)N1CCCC1C(=O)NC(C(=O)NC(Cc1cnc[nH]1)C(=O)NC(Cc1ccccc1)C(=O)NC(Cc1ccc(O)cc1)C(=O)N[CH]C(=O)NC(CCCN=C(N)N)C(=O)NC(C(=O)O)C(C)C)C(C)C. The smallest absolute Gasteiger partial charge is 0.326 e. The van der Waals surface area contributed by atoms with Crippen molar-refractivity contribution in [1.82, 2.24) is 57.4 Å². The molecule has 28 heteroatoms. The van der Waals surface area contributed by atoms with Crippen molar-refractivity contribution in [2.24, 2.45) is 39.9 Å². The van der Waals surface area contributed by atoms with Crippen LogP contribution in [0, 0.1) is 24.3 Å². The summed E-state index contributed by atoms with van der Waals surface area (Å²) in [5.74, 6) is -8.78. The second-order valence-corrected chi connectivity index (χ2v) is 23.2. The summed E-state index contributed by atoms with van der Waals surface area (Å²) >= 11 is 1.54.